The van der Waals surface area contributed by atoms with Gasteiger partial charge in [-0.3, -0.25) is 0 Å². The molecular formula is C18H20O5. The maximum atomic E-state index is 12.1. The second-order valence-electron chi connectivity index (χ2n) is 5.31. The normalized spacial score (nSPS) is 14.5. The van der Waals surface area contributed by atoms with Crippen LogP contribution in [0.4, 0.5) is 0 Å². The van der Waals surface area contributed by atoms with Gasteiger partial charge in [-0.05, 0) is 49.5 Å². The Morgan fingerprint density at radius 1 is 1.09 bits per heavy atom. The van der Waals surface area contributed by atoms with Gasteiger partial charge in [0.1, 0.15) is 5.75 Å². The average molecular weight is 316 g/mol. The van der Waals surface area contributed by atoms with Crippen LogP contribution in [0.3, 0.4) is 0 Å². The molecule has 0 bridgehead atoms. The first-order chi connectivity index (χ1) is 11.1. The second kappa shape index (κ2) is 7.63. The minimum atomic E-state index is -1.09. The summed E-state index contributed by atoms with van der Waals surface area (Å²) >= 11 is 0. The zero-order chi connectivity index (χ0) is 16.8. The van der Waals surface area contributed by atoms with E-state index >= 15 is 0 Å². The third kappa shape index (κ3) is 4.00. The Morgan fingerprint density at radius 2 is 1.70 bits per heavy atom. The number of carboxylic acid groups (broad SMARTS) is 1. The molecule has 122 valence electrons. The van der Waals surface area contributed by atoms with Crippen molar-refractivity contribution in [2.75, 3.05) is 14.2 Å². The molecule has 0 saturated heterocycles. The molecule has 5 heteroatoms. The van der Waals surface area contributed by atoms with Crippen molar-refractivity contribution in [3.05, 3.63) is 46.5 Å². The van der Waals surface area contributed by atoms with Crippen molar-refractivity contribution >= 4 is 18.0 Å². The highest BCUT2D eigenvalue weighted by Gasteiger charge is 2.26. The van der Waals surface area contributed by atoms with Gasteiger partial charge in [0.05, 0.1) is 25.4 Å². The second-order valence-corrected chi connectivity index (χ2v) is 5.31. The number of hydrogen-bond acceptors (Lipinski definition) is 4. The van der Waals surface area contributed by atoms with Crippen LogP contribution in [0.5, 0.6) is 5.75 Å². The van der Waals surface area contributed by atoms with Crippen LogP contribution < -0.4 is 4.74 Å². The zero-order valence-corrected chi connectivity index (χ0v) is 13.3. The SMILES string of the molecule is COC(=O)/C(=C\c1ccc(OC)cc1)C(C(=O)O)=C1CCCC1. The summed E-state index contributed by atoms with van der Waals surface area (Å²) in [7, 11) is 2.82. The van der Waals surface area contributed by atoms with E-state index in [4.69, 9.17) is 9.47 Å². The highest BCUT2D eigenvalue weighted by molar-refractivity contribution is 6.10. The lowest BCUT2D eigenvalue weighted by Gasteiger charge is -2.10. The van der Waals surface area contributed by atoms with Gasteiger partial charge in [0, 0.05) is 0 Å². The maximum absolute atomic E-state index is 12.1. The van der Waals surface area contributed by atoms with Gasteiger partial charge < -0.3 is 14.6 Å². The van der Waals surface area contributed by atoms with Crippen LogP contribution in [0.15, 0.2) is 41.0 Å². The molecule has 1 aliphatic carbocycles. The molecule has 0 heterocycles. The van der Waals surface area contributed by atoms with E-state index < -0.39 is 11.9 Å². The topological polar surface area (TPSA) is 72.8 Å². The van der Waals surface area contributed by atoms with E-state index in [1.807, 2.05) is 0 Å². The van der Waals surface area contributed by atoms with Crippen LogP contribution in [0.25, 0.3) is 6.08 Å². The number of ether oxygens (including phenoxy) is 2. The number of carbonyl (C=O) groups excluding carboxylic acids is 1. The fourth-order valence-corrected chi connectivity index (χ4v) is 2.72. The number of carboxylic acids is 1. The molecule has 0 unspecified atom stereocenters. The van der Waals surface area contributed by atoms with Gasteiger partial charge >= 0.3 is 11.9 Å². The number of allylic oxidation sites excluding steroid dienone is 1. The number of esters is 1. The number of rotatable bonds is 5. The lowest BCUT2D eigenvalue weighted by molar-refractivity contribution is -0.138. The van der Waals surface area contributed by atoms with Gasteiger partial charge in [0.15, 0.2) is 0 Å². The molecular weight excluding hydrogens is 296 g/mol. The van der Waals surface area contributed by atoms with E-state index in [1.165, 1.54) is 7.11 Å². The Balaban J connectivity index is 2.50. The monoisotopic (exact) mass is 316 g/mol. The molecule has 0 aromatic heterocycles. The molecule has 5 nitrogen and oxygen atoms in total. The number of carbonyl (C=O) groups is 2. The molecule has 0 spiro atoms. The molecule has 0 aliphatic heterocycles. The molecule has 2 rings (SSSR count). The van der Waals surface area contributed by atoms with Gasteiger partial charge in [-0.1, -0.05) is 17.7 Å². The van der Waals surface area contributed by atoms with Gasteiger partial charge in [-0.2, -0.15) is 0 Å². The first-order valence-corrected chi connectivity index (χ1v) is 7.46. The highest BCUT2D eigenvalue weighted by Crippen LogP contribution is 2.31. The summed E-state index contributed by atoms with van der Waals surface area (Å²) in [6.07, 6.45) is 4.86. The van der Waals surface area contributed by atoms with E-state index in [0.29, 0.717) is 24.2 Å². The smallest absolute Gasteiger partial charge is 0.338 e. The van der Waals surface area contributed by atoms with Crippen LogP contribution in [-0.2, 0) is 14.3 Å². The summed E-state index contributed by atoms with van der Waals surface area (Å²) in [5, 5.41) is 9.58. The van der Waals surface area contributed by atoms with Crippen LogP contribution in [0, 0.1) is 0 Å². The van der Waals surface area contributed by atoms with Crippen molar-refractivity contribution in [3.63, 3.8) is 0 Å². The summed E-state index contributed by atoms with van der Waals surface area (Å²) in [5.41, 5.74) is 1.68. The molecule has 1 aromatic rings. The third-order valence-electron chi connectivity index (χ3n) is 3.88. The fraction of sp³-hybridized carbons (Fsp3) is 0.333. The molecule has 1 fully saturated rings. The molecule has 1 aliphatic rings. The van der Waals surface area contributed by atoms with Crippen molar-refractivity contribution in [1.29, 1.82) is 0 Å². The minimum absolute atomic E-state index is 0.0742. The predicted octanol–water partition coefficient (Wildman–Crippen LogP) is 3.21. The first kappa shape index (κ1) is 16.8. The number of benzene rings is 1. The Morgan fingerprint density at radius 3 is 2.17 bits per heavy atom. The van der Waals surface area contributed by atoms with Gasteiger partial charge in [0.2, 0.25) is 0 Å². The van der Waals surface area contributed by atoms with E-state index in [1.54, 1.807) is 37.5 Å². The van der Waals surface area contributed by atoms with Gasteiger partial charge in [0.25, 0.3) is 0 Å². The maximum Gasteiger partial charge on any atom is 0.338 e. The largest absolute Gasteiger partial charge is 0.497 e. The van der Waals surface area contributed by atoms with Gasteiger partial charge in [-0.15, -0.1) is 0 Å². The van der Waals surface area contributed by atoms with Crippen LogP contribution in [0.1, 0.15) is 31.2 Å². The van der Waals surface area contributed by atoms with Crippen molar-refractivity contribution in [2.24, 2.45) is 0 Å². The predicted molar refractivity (Wildman–Crippen MR) is 86.1 cm³/mol. The zero-order valence-electron chi connectivity index (χ0n) is 13.3. The minimum Gasteiger partial charge on any atom is -0.497 e. The Labute approximate surface area is 135 Å². The molecule has 1 aromatic carbocycles. The Bertz CT molecular complexity index is 644. The molecule has 1 saturated carbocycles. The van der Waals surface area contributed by atoms with E-state index in [-0.39, 0.29) is 11.1 Å². The number of aliphatic carboxylic acids is 1. The highest BCUT2D eigenvalue weighted by atomic mass is 16.5. The molecule has 23 heavy (non-hydrogen) atoms. The van der Waals surface area contributed by atoms with Crippen molar-refractivity contribution in [1.82, 2.24) is 0 Å². The number of hydrogen-bond donors (Lipinski definition) is 1. The van der Waals surface area contributed by atoms with E-state index in [0.717, 1.165) is 18.4 Å². The lowest BCUT2D eigenvalue weighted by atomic mass is 9.96. The summed E-state index contributed by atoms with van der Waals surface area (Å²) in [6.45, 7) is 0. The quantitative estimate of drug-likeness (QED) is 0.667. The first-order valence-electron chi connectivity index (χ1n) is 7.46. The average Bonchev–Trinajstić information content (AvgIpc) is 3.07. The summed E-state index contributed by atoms with van der Waals surface area (Å²) in [4.78, 5) is 23.8. The van der Waals surface area contributed by atoms with E-state index in [2.05, 4.69) is 0 Å². The van der Waals surface area contributed by atoms with Crippen molar-refractivity contribution in [3.8, 4) is 5.75 Å². The summed E-state index contributed by atoms with van der Waals surface area (Å²) < 4.78 is 9.88. The Hall–Kier alpha value is -2.56. The Kier molecular flexibility index (Phi) is 5.57. The number of methoxy groups -OCH3 is 2. The standard InChI is InChI=1S/C18H20O5/c1-22-14-9-7-12(8-10-14)11-15(18(21)23-2)16(17(19)20)13-5-3-4-6-13/h7-11H,3-6H2,1-2H3,(H,19,20)/b15-11-. The van der Waals surface area contributed by atoms with Crippen LogP contribution in [-0.4, -0.2) is 31.3 Å². The molecule has 0 atom stereocenters. The van der Waals surface area contributed by atoms with Crippen LogP contribution in [0.2, 0.25) is 0 Å². The third-order valence-corrected chi connectivity index (χ3v) is 3.88. The lowest BCUT2D eigenvalue weighted by Crippen LogP contribution is -2.15. The van der Waals surface area contributed by atoms with E-state index in [9.17, 15) is 14.7 Å². The fourth-order valence-electron chi connectivity index (χ4n) is 2.72. The molecule has 0 amide bonds. The molecule has 0 radical (unpaired) electrons. The van der Waals surface area contributed by atoms with Gasteiger partial charge in [-0.25, -0.2) is 9.59 Å². The summed E-state index contributed by atoms with van der Waals surface area (Å²) in [5.74, 6) is -1.04. The summed E-state index contributed by atoms with van der Waals surface area (Å²) in [6, 6.07) is 7.04. The van der Waals surface area contributed by atoms with Crippen LogP contribution >= 0.6 is 0 Å². The van der Waals surface area contributed by atoms with Crippen molar-refractivity contribution < 1.29 is 24.2 Å². The van der Waals surface area contributed by atoms with Crippen molar-refractivity contribution in [2.45, 2.75) is 25.7 Å². The molecule has 1 N–H and O–H groups in total.